The second-order valence-corrected chi connectivity index (χ2v) is 7.97. The van der Waals surface area contributed by atoms with Crippen LogP contribution in [0.5, 0.6) is 0 Å². The number of ether oxygens (including phenoxy) is 1. The topological polar surface area (TPSA) is 45.7 Å². The molecule has 128 valence electrons. The molecule has 1 unspecified atom stereocenters. The summed E-state index contributed by atoms with van der Waals surface area (Å²) in [6.07, 6.45) is 3.75. The van der Waals surface area contributed by atoms with E-state index in [0.29, 0.717) is 0 Å². The summed E-state index contributed by atoms with van der Waals surface area (Å²) in [5, 5.41) is 0. The summed E-state index contributed by atoms with van der Waals surface area (Å²) in [6.45, 7) is 8.16. The smallest absolute Gasteiger partial charge is 0.410 e. The van der Waals surface area contributed by atoms with E-state index in [-0.39, 0.29) is 12.1 Å². The highest BCUT2D eigenvalue weighted by Gasteiger charge is 2.32. The molecule has 0 saturated carbocycles. The zero-order valence-electron chi connectivity index (χ0n) is 14.4. The van der Waals surface area contributed by atoms with Crippen molar-refractivity contribution in [2.75, 3.05) is 20.1 Å². The zero-order valence-corrected chi connectivity index (χ0v) is 16.0. The normalized spacial score (nSPS) is 18.5. The van der Waals surface area contributed by atoms with Crippen LogP contribution in [0, 0.1) is 0 Å². The van der Waals surface area contributed by atoms with E-state index in [4.69, 9.17) is 4.74 Å². The van der Waals surface area contributed by atoms with Crippen LogP contribution < -0.4 is 0 Å². The molecule has 1 aromatic rings. The van der Waals surface area contributed by atoms with Crippen molar-refractivity contribution in [1.29, 1.82) is 0 Å². The van der Waals surface area contributed by atoms with E-state index in [1.807, 2.05) is 37.9 Å². The van der Waals surface area contributed by atoms with E-state index < -0.39 is 5.60 Å². The van der Waals surface area contributed by atoms with Crippen LogP contribution in [-0.4, -0.2) is 52.7 Å². The van der Waals surface area contributed by atoms with Crippen molar-refractivity contribution in [2.24, 2.45) is 0 Å². The van der Waals surface area contributed by atoms with E-state index in [0.717, 1.165) is 42.6 Å². The van der Waals surface area contributed by atoms with Gasteiger partial charge in [-0.3, -0.25) is 0 Å². The molecule has 23 heavy (non-hydrogen) atoms. The first-order valence-corrected chi connectivity index (χ1v) is 8.82. The number of rotatable bonds is 4. The van der Waals surface area contributed by atoms with Gasteiger partial charge in [0.15, 0.2) is 0 Å². The number of aromatic nitrogens is 1. The van der Waals surface area contributed by atoms with Crippen LogP contribution in [0.1, 0.15) is 39.2 Å². The van der Waals surface area contributed by atoms with Crippen LogP contribution >= 0.6 is 15.9 Å². The molecule has 1 aromatic heterocycles. The molecule has 1 aliphatic heterocycles. The third kappa shape index (κ3) is 5.77. The van der Waals surface area contributed by atoms with Gasteiger partial charge in [-0.1, -0.05) is 6.07 Å². The first kappa shape index (κ1) is 18.2. The minimum Gasteiger partial charge on any atom is -0.444 e. The third-order valence-corrected chi connectivity index (χ3v) is 4.24. The largest absolute Gasteiger partial charge is 0.444 e. The molecular weight excluding hydrogens is 358 g/mol. The fourth-order valence-electron chi connectivity index (χ4n) is 2.82. The molecule has 0 bridgehead atoms. The lowest BCUT2D eigenvalue weighted by atomic mass is 10.2. The molecule has 0 aliphatic carbocycles. The van der Waals surface area contributed by atoms with Crippen LogP contribution in [0.15, 0.2) is 22.9 Å². The number of likely N-dealkylation sites (tertiary alicyclic amines) is 1. The van der Waals surface area contributed by atoms with Crippen LogP contribution in [0.25, 0.3) is 0 Å². The maximum atomic E-state index is 12.3. The highest BCUT2D eigenvalue weighted by molar-refractivity contribution is 9.10. The number of carbonyl (C=O) groups is 1. The molecule has 0 radical (unpaired) electrons. The van der Waals surface area contributed by atoms with Crippen molar-refractivity contribution >= 4 is 22.0 Å². The molecule has 1 fully saturated rings. The maximum Gasteiger partial charge on any atom is 0.410 e. The molecule has 2 rings (SSSR count). The van der Waals surface area contributed by atoms with E-state index >= 15 is 0 Å². The number of nitrogens with zero attached hydrogens (tertiary/aromatic N) is 3. The molecule has 2 heterocycles. The van der Waals surface area contributed by atoms with Gasteiger partial charge in [0.25, 0.3) is 0 Å². The summed E-state index contributed by atoms with van der Waals surface area (Å²) in [5.41, 5.74) is 0.719. The van der Waals surface area contributed by atoms with E-state index in [1.165, 1.54) is 0 Å². The van der Waals surface area contributed by atoms with Crippen LogP contribution in [0.2, 0.25) is 0 Å². The lowest BCUT2D eigenvalue weighted by Crippen LogP contribution is -2.44. The van der Waals surface area contributed by atoms with Crippen molar-refractivity contribution in [3.63, 3.8) is 0 Å². The Labute approximate surface area is 147 Å². The molecule has 1 aliphatic rings. The van der Waals surface area contributed by atoms with Gasteiger partial charge in [-0.25, -0.2) is 9.78 Å². The summed E-state index contributed by atoms with van der Waals surface area (Å²) in [6, 6.07) is 4.23. The quantitative estimate of drug-likeness (QED) is 0.743. The molecule has 0 spiro atoms. The first-order chi connectivity index (χ1) is 10.7. The molecule has 5 nitrogen and oxygen atoms in total. The Morgan fingerprint density at radius 2 is 2.22 bits per heavy atom. The van der Waals surface area contributed by atoms with Crippen LogP contribution in [-0.2, 0) is 11.3 Å². The molecule has 1 amide bonds. The second-order valence-electron chi connectivity index (χ2n) is 7.16. The molecular formula is C17H26BrN3O2. The number of amides is 1. The van der Waals surface area contributed by atoms with Gasteiger partial charge in [0, 0.05) is 31.9 Å². The van der Waals surface area contributed by atoms with Crippen molar-refractivity contribution < 1.29 is 9.53 Å². The van der Waals surface area contributed by atoms with Gasteiger partial charge < -0.3 is 14.5 Å². The Kier molecular flexibility index (Phi) is 6.03. The number of hydrogen-bond donors (Lipinski definition) is 0. The van der Waals surface area contributed by atoms with Gasteiger partial charge in [-0.2, -0.15) is 0 Å². The average Bonchev–Trinajstić information content (AvgIpc) is 2.87. The summed E-state index contributed by atoms with van der Waals surface area (Å²) in [4.78, 5) is 20.7. The highest BCUT2D eigenvalue weighted by Crippen LogP contribution is 2.22. The summed E-state index contributed by atoms with van der Waals surface area (Å²) in [7, 11) is 2.08. The molecule has 1 saturated heterocycles. The van der Waals surface area contributed by atoms with Crippen molar-refractivity contribution in [2.45, 2.75) is 51.8 Å². The highest BCUT2D eigenvalue weighted by atomic mass is 79.9. The monoisotopic (exact) mass is 383 g/mol. The Hall–Kier alpha value is -1.14. The maximum absolute atomic E-state index is 12.3. The van der Waals surface area contributed by atoms with Gasteiger partial charge in [0.2, 0.25) is 0 Å². The Morgan fingerprint density at radius 3 is 2.83 bits per heavy atom. The van der Waals surface area contributed by atoms with Gasteiger partial charge >= 0.3 is 6.09 Å². The van der Waals surface area contributed by atoms with E-state index in [9.17, 15) is 4.79 Å². The zero-order chi connectivity index (χ0) is 17.0. The second kappa shape index (κ2) is 7.62. The lowest BCUT2D eigenvalue weighted by Gasteiger charge is -2.31. The number of carbonyl (C=O) groups excluding carboxylic acids is 1. The van der Waals surface area contributed by atoms with Gasteiger partial charge in [-0.15, -0.1) is 0 Å². The van der Waals surface area contributed by atoms with E-state index in [1.54, 1.807) is 0 Å². The molecule has 0 aromatic carbocycles. The Morgan fingerprint density at radius 1 is 1.48 bits per heavy atom. The molecule has 6 heteroatoms. The standard InChI is InChI=1S/C17H26BrN3O2/c1-17(2,3)23-16(22)21-9-5-6-14(21)12-20(4)11-13-7-8-15(18)19-10-13/h7-8,10,14H,5-6,9,11-12H2,1-4H3. The predicted octanol–water partition coefficient (Wildman–Crippen LogP) is 3.68. The van der Waals surface area contributed by atoms with Crippen molar-refractivity contribution in [1.82, 2.24) is 14.8 Å². The molecule has 0 N–H and O–H groups in total. The average molecular weight is 384 g/mol. The Bertz CT molecular complexity index is 528. The van der Waals surface area contributed by atoms with Crippen molar-refractivity contribution in [3.05, 3.63) is 28.5 Å². The summed E-state index contributed by atoms with van der Waals surface area (Å²) >= 11 is 3.35. The Balaban J connectivity index is 1.90. The number of pyridine rings is 1. The minimum atomic E-state index is -0.445. The molecule has 1 atom stereocenters. The number of halogens is 1. The minimum absolute atomic E-state index is 0.196. The van der Waals surface area contributed by atoms with Crippen LogP contribution in [0.4, 0.5) is 4.79 Å². The van der Waals surface area contributed by atoms with Crippen LogP contribution in [0.3, 0.4) is 0 Å². The number of likely N-dealkylation sites (N-methyl/N-ethyl adjacent to an activating group) is 1. The predicted molar refractivity (Wildman–Crippen MR) is 94.2 cm³/mol. The third-order valence-electron chi connectivity index (χ3n) is 3.77. The van der Waals surface area contributed by atoms with Gasteiger partial charge in [0.1, 0.15) is 10.2 Å². The van der Waals surface area contributed by atoms with E-state index in [2.05, 4.69) is 38.9 Å². The van der Waals surface area contributed by atoms with Gasteiger partial charge in [0.05, 0.1) is 0 Å². The summed E-state index contributed by atoms with van der Waals surface area (Å²) in [5.74, 6) is 0. The fourth-order valence-corrected chi connectivity index (χ4v) is 3.06. The van der Waals surface area contributed by atoms with Gasteiger partial charge in [-0.05, 0) is 68.2 Å². The lowest BCUT2D eigenvalue weighted by molar-refractivity contribution is 0.0201. The van der Waals surface area contributed by atoms with Crippen molar-refractivity contribution in [3.8, 4) is 0 Å². The SMILES string of the molecule is CN(Cc1ccc(Br)nc1)CC1CCCN1C(=O)OC(C)(C)C. The fraction of sp³-hybridized carbons (Fsp3) is 0.647. The first-order valence-electron chi connectivity index (χ1n) is 8.03. The number of hydrogen-bond acceptors (Lipinski definition) is 4. The summed E-state index contributed by atoms with van der Waals surface area (Å²) < 4.78 is 6.36.